The maximum Gasteiger partial charge on any atom is 0.440 e. The number of imide groups is 1. The van der Waals surface area contributed by atoms with Gasteiger partial charge in [-0.15, -0.1) is 0 Å². The molecule has 2 saturated carbocycles. The van der Waals surface area contributed by atoms with E-state index in [4.69, 9.17) is 0 Å². The van der Waals surface area contributed by atoms with Crippen LogP contribution in [0.15, 0.2) is 0 Å². The fraction of sp³-hybridized carbons (Fsp3) is 0.857. The Bertz CT molecular complexity index is 678. The van der Waals surface area contributed by atoms with Gasteiger partial charge in [0.15, 0.2) is 0 Å². The normalized spacial score (nSPS) is 33.5. The summed E-state index contributed by atoms with van der Waals surface area (Å²) in [6.45, 7) is 3.82. The molecule has 1 heterocycles. The van der Waals surface area contributed by atoms with Crippen molar-refractivity contribution in [3.05, 3.63) is 0 Å². The Hall–Kier alpha value is -1.80. The Morgan fingerprint density at radius 1 is 1.10 bits per heavy atom. The first-order valence-corrected chi connectivity index (χ1v) is 11.1. The highest BCUT2D eigenvalue weighted by atomic mass is 19.4. The Kier molecular flexibility index (Phi) is 6.67. The lowest BCUT2D eigenvalue weighted by Crippen LogP contribution is -2.69. The maximum absolute atomic E-state index is 14.0. The molecule has 0 aromatic rings. The number of halogens is 3. The fourth-order valence-electron chi connectivity index (χ4n) is 5.20. The molecule has 30 heavy (non-hydrogen) atoms. The lowest BCUT2D eigenvalue weighted by molar-refractivity contribution is -0.205. The molecule has 4 amide bonds. The van der Waals surface area contributed by atoms with Gasteiger partial charge in [0.25, 0.3) is 11.6 Å². The minimum atomic E-state index is -5.14. The van der Waals surface area contributed by atoms with Crippen LogP contribution in [0.5, 0.6) is 0 Å². The predicted molar refractivity (Wildman–Crippen MR) is 104 cm³/mol. The number of amides is 4. The van der Waals surface area contributed by atoms with Crippen molar-refractivity contribution in [1.29, 1.82) is 0 Å². The molecule has 9 heteroatoms. The molecule has 2 N–H and O–H groups in total. The average molecular weight is 431 g/mol. The Morgan fingerprint density at radius 3 is 2.40 bits per heavy atom. The highest BCUT2D eigenvalue weighted by Crippen LogP contribution is 2.39. The zero-order chi connectivity index (χ0) is 22.1. The molecule has 1 saturated heterocycles. The van der Waals surface area contributed by atoms with Gasteiger partial charge in [-0.3, -0.25) is 19.8 Å². The van der Waals surface area contributed by atoms with E-state index in [1.165, 1.54) is 0 Å². The van der Waals surface area contributed by atoms with E-state index in [9.17, 15) is 27.6 Å². The zero-order valence-corrected chi connectivity index (χ0v) is 17.7. The number of carbonyl (C=O) groups excluding carboxylic acids is 3. The molecule has 2 aliphatic carbocycles. The van der Waals surface area contributed by atoms with Gasteiger partial charge in [-0.1, -0.05) is 58.8 Å². The van der Waals surface area contributed by atoms with Crippen LogP contribution in [0.2, 0.25) is 0 Å². The van der Waals surface area contributed by atoms with Crippen molar-refractivity contribution in [3.8, 4) is 0 Å². The largest absolute Gasteiger partial charge is 0.440 e. The van der Waals surface area contributed by atoms with Crippen LogP contribution in [0.25, 0.3) is 0 Å². The van der Waals surface area contributed by atoms with Gasteiger partial charge in [0.2, 0.25) is 5.91 Å². The van der Waals surface area contributed by atoms with Crippen LogP contribution in [0.4, 0.5) is 18.0 Å². The maximum atomic E-state index is 14.0. The van der Waals surface area contributed by atoms with E-state index in [2.05, 4.69) is 0 Å². The highest BCUT2D eigenvalue weighted by molar-refractivity contribution is 6.09. The molecule has 0 radical (unpaired) electrons. The first-order chi connectivity index (χ1) is 14.1. The molecule has 0 spiro atoms. The van der Waals surface area contributed by atoms with E-state index in [-0.39, 0.29) is 18.3 Å². The van der Waals surface area contributed by atoms with E-state index in [1.807, 2.05) is 19.2 Å². The molecule has 0 unspecified atom stereocenters. The highest BCUT2D eigenvalue weighted by Gasteiger charge is 2.69. The summed E-state index contributed by atoms with van der Waals surface area (Å²) >= 11 is 0. The number of nitrogens with zero attached hydrogens (tertiary/aromatic N) is 1. The Labute approximate surface area is 175 Å². The van der Waals surface area contributed by atoms with E-state index >= 15 is 0 Å². The van der Waals surface area contributed by atoms with Gasteiger partial charge < -0.3 is 5.32 Å². The Morgan fingerprint density at radius 2 is 1.77 bits per heavy atom. The molecule has 170 valence electrons. The number of rotatable bonds is 5. The topological polar surface area (TPSA) is 78.5 Å². The predicted octanol–water partition coefficient (Wildman–Crippen LogP) is 4.10. The lowest BCUT2D eigenvalue weighted by Gasteiger charge is -2.38. The summed E-state index contributed by atoms with van der Waals surface area (Å²) in [4.78, 5) is 38.6. The number of carbonyl (C=O) groups is 3. The number of hydrogen-bond donors (Lipinski definition) is 2. The molecule has 3 fully saturated rings. The number of alkyl halides is 3. The second kappa shape index (κ2) is 8.75. The Balaban J connectivity index is 1.75. The van der Waals surface area contributed by atoms with Crippen molar-refractivity contribution in [1.82, 2.24) is 15.5 Å². The summed E-state index contributed by atoms with van der Waals surface area (Å²) in [5.74, 6) is -1.88. The third-order valence-electron chi connectivity index (χ3n) is 7.30. The molecule has 6 nitrogen and oxygen atoms in total. The minimum Gasteiger partial charge on any atom is -0.318 e. The smallest absolute Gasteiger partial charge is 0.318 e. The molecule has 0 aromatic carbocycles. The number of nitrogens with one attached hydrogen (secondary N) is 2. The van der Waals surface area contributed by atoms with Gasteiger partial charge in [0.05, 0.1) is 0 Å². The zero-order valence-electron chi connectivity index (χ0n) is 17.7. The van der Waals surface area contributed by atoms with Crippen LogP contribution >= 0.6 is 0 Å². The van der Waals surface area contributed by atoms with Gasteiger partial charge in [-0.2, -0.15) is 13.2 Å². The van der Waals surface area contributed by atoms with Gasteiger partial charge in [0.1, 0.15) is 0 Å². The monoisotopic (exact) mass is 431 g/mol. The summed E-state index contributed by atoms with van der Waals surface area (Å²) in [5, 5.41) is 3.65. The second-order valence-corrected chi connectivity index (χ2v) is 9.28. The number of urea groups is 1. The molecule has 3 rings (SSSR count). The van der Waals surface area contributed by atoms with E-state index in [0.717, 1.165) is 44.9 Å². The summed E-state index contributed by atoms with van der Waals surface area (Å²) in [6.07, 6.45) is 2.59. The molecular weight excluding hydrogens is 399 g/mol. The van der Waals surface area contributed by atoms with Gasteiger partial charge in [-0.05, 0) is 30.6 Å². The van der Waals surface area contributed by atoms with Gasteiger partial charge in [0, 0.05) is 12.5 Å². The van der Waals surface area contributed by atoms with Crippen molar-refractivity contribution >= 4 is 17.8 Å². The molecule has 3 aliphatic rings. The summed E-state index contributed by atoms with van der Waals surface area (Å²) in [5.41, 5.74) is -3.38. The average Bonchev–Trinajstić information content (AvgIpc) is 2.94. The number of hydrogen-bond acceptors (Lipinski definition) is 3. The molecule has 4 atom stereocenters. The first kappa shape index (κ1) is 22.9. The summed E-state index contributed by atoms with van der Waals surface area (Å²) in [7, 11) is 0. The van der Waals surface area contributed by atoms with E-state index in [0.29, 0.717) is 23.7 Å². The van der Waals surface area contributed by atoms with Crippen LogP contribution in [0.1, 0.15) is 78.1 Å². The molecule has 1 aliphatic heterocycles. The second-order valence-electron chi connectivity index (χ2n) is 9.28. The van der Waals surface area contributed by atoms with Crippen molar-refractivity contribution in [2.75, 3.05) is 0 Å². The summed E-state index contributed by atoms with van der Waals surface area (Å²) in [6, 6.07) is -1.69. The van der Waals surface area contributed by atoms with E-state index < -0.39 is 35.7 Å². The molecular formula is C21H32F3N3O3. The minimum absolute atomic E-state index is 0.0947. The van der Waals surface area contributed by atoms with Crippen LogP contribution in [-0.4, -0.2) is 40.6 Å². The molecule has 0 bridgehead atoms. The van der Waals surface area contributed by atoms with Crippen LogP contribution < -0.4 is 10.6 Å². The van der Waals surface area contributed by atoms with Crippen molar-refractivity contribution < 1.29 is 27.6 Å². The van der Waals surface area contributed by atoms with Crippen LogP contribution in [-0.2, 0) is 9.59 Å². The third-order valence-corrected chi connectivity index (χ3v) is 7.30. The van der Waals surface area contributed by atoms with Crippen molar-refractivity contribution in [2.24, 2.45) is 17.8 Å². The SMILES string of the molecule is C[C@@H]1[C@@H](C)CCC[C@@H]1N1C(=O)N[C@@](NC(=O)CCC2CCCCC2)(C(F)(F)F)C1=O. The summed E-state index contributed by atoms with van der Waals surface area (Å²) < 4.78 is 42.1. The van der Waals surface area contributed by atoms with Crippen LogP contribution in [0, 0.1) is 17.8 Å². The van der Waals surface area contributed by atoms with Crippen molar-refractivity contribution in [3.63, 3.8) is 0 Å². The molecule has 0 aromatic heterocycles. The first-order valence-electron chi connectivity index (χ1n) is 11.1. The van der Waals surface area contributed by atoms with Gasteiger partial charge in [-0.25, -0.2) is 4.79 Å². The van der Waals surface area contributed by atoms with Gasteiger partial charge >= 0.3 is 12.2 Å². The van der Waals surface area contributed by atoms with Crippen LogP contribution in [0.3, 0.4) is 0 Å². The van der Waals surface area contributed by atoms with Crippen molar-refractivity contribution in [2.45, 2.75) is 95.9 Å². The quantitative estimate of drug-likeness (QED) is 0.644. The lowest BCUT2D eigenvalue weighted by atomic mass is 9.77. The third kappa shape index (κ3) is 4.30. The fourth-order valence-corrected chi connectivity index (χ4v) is 5.20. The standard InChI is InChI=1S/C21H32F3N3O3/c1-13-7-6-10-16(14(13)2)27-18(29)20(21(22,23)24,26-19(27)30)25-17(28)12-11-15-8-4-3-5-9-15/h13-16H,3-12H2,1-2H3,(H,25,28)(H,26,30)/t13-,14+,16-,20+/m0/s1. The van der Waals surface area contributed by atoms with E-state index in [1.54, 1.807) is 5.32 Å².